The van der Waals surface area contributed by atoms with E-state index < -0.39 is 11.5 Å². The number of hydrogen-bond acceptors (Lipinski definition) is 5. The molecule has 0 radical (unpaired) electrons. The van der Waals surface area contributed by atoms with Crippen LogP contribution in [0.1, 0.15) is 33.6 Å². The lowest BCUT2D eigenvalue weighted by Crippen LogP contribution is -2.27. The number of amides is 2. The Morgan fingerprint density at radius 2 is 2.08 bits per heavy atom. The van der Waals surface area contributed by atoms with Crippen LogP contribution in [0.4, 0.5) is 5.69 Å². The Morgan fingerprint density at radius 3 is 2.88 bits per heavy atom. The number of rotatable bonds is 4. The summed E-state index contributed by atoms with van der Waals surface area (Å²) in [5.74, 6) is -0.724. The molecule has 126 valence electrons. The number of carbonyl (C=O) groups excluding carboxylic acids is 2. The fourth-order valence-corrected chi connectivity index (χ4v) is 3.09. The van der Waals surface area contributed by atoms with Crippen LogP contribution < -0.4 is 16.2 Å². The Morgan fingerprint density at radius 1 is 1.24 bits per heavy atom. The van der Waals surface area contributed by atoms with E-state index in [2.05, 4.69) is 15.6 Å². The summed E-state index contributed by atoms with van der Waals surface area (Å²) in [6.45, 7) is 0. The molecule has 2 aromatic heterocycles. The fourth-order valence-electron chi connectivity index (χ4n) is 2.41. The topological polar surface area (TPSA) is 92.6 Å². The first-order valence-electron chi connectivity index (χ1n) is 7.79. The molecule has 1 saturated carbocycles. The summed E-state index contributed by atoms with van der Waals surface area (Å²) in [6.07, 6.45) is 4.86. The highest BCUT2D eigenvalue weighted by atomic mass is 32.1. The maximum absolute atomic E-state index is 12.4. The van der Waals surface area contributed by atoms with Crippen LogP contribution in [0.5, 0.6) is 0 Å². The van der Waals surface area contributed by atoms with E-state index in [1.807, 2.05) is 0 Å². The number of fused-ring (bicyclic) bond motifs is 1. The number of nitrogens with one attached hydrogen (secondary N) is 2. The van der Waals surface area contributed by atoms with Gasteiger partial charge in [0.25, 0.3) is 17.4 Å². The van der Waals surface area contributed by atoms with Crippen molar-refractivity contribution in [3.8, 4) is 0 Å². The average molecular weight is 354 g/mol. The summed E-state index contributed by atoms with van der Waals surface area (Å²) in [4.78, 5) is 41.5. The first kappa shape index (κ1) is 15.5. The van der Waals surface area contributed by atoms with Gasteiger partial charge in [-0.1, -0.05) is 6.07 Å². The van der Waals surface area contributed by atoms with Crippen LogP contribution in [0.2, 0.25) is 0 Å². The molecule has 0 aliphatic heterocycles. The molecular formula is C17H14N4O3S. The van der Waals surface area contributed by atoms with E-state index in [9.17, 15) is 14.4 Å². The van der Waals surface area contributed by atoms with Gasteiger partial charge in [0.15, 0.2) is 4.96 Å². The summed E-state index contributed by atoms with van der Waals surface area (Å²) < 4.78 is 1.33. The lowest BCUT2D eigenvalue weighted by atomic mass is 10.2. The third-order valence-corrected chi connectivity index (χ3v) is 4.65. The molecule has 1 aromatic carbocycles. The summed E-state index contributed by atoms with van der Waals surface area (Å²) in [7, 11) is 0. The predicted octanol–water partition coefficient (Wildman–Crippen LogP) is 1.90. The largest absolute Gasteiger partial charge is 0.349 e. The molecule has 7 nitrogen and oxygen atoms in total. The lowest BCUT2D eigenvalue weighted by Gasteiger charge is -2.08. The van der Waals surface area contributed by atoms with E-state index in [1.165, 1.54) is 21.9 Å². The third-order valence-electron chi connectivity index (χ3n) is 3.88. The number of nitrogens with zero attached hydrogens (tertiary/aromatic N) is 2. The molecule has 25 heavy (non-hydrogen) atoms. The quantitative estimate of drug-likeness (QED) is 0.748. The Labute approximate surface area is 146 Å². The molecule has 8 heteroatoms. The van der Waals surface area contributed by atoms with Crippen molar-refractivity contribution in [1.82, 2.24) is 14.7 Å². The molecular weight excluding hydrogens is 340 g/mol. The zero-order chi connectivity index (χ0) is 17.4. The zero-order valence-electron chi connectivity index (χ0n) is 13.1. The minimum atomic E-state index is -0.558. The number of hydrogen-bond donors (Lipinski definition) is 2. The van der Waals surface area contributed by atoms with Gasteiger partial charge in [-0.05, 0) is 31.0 Å². The van der Waals surface area contributed by atoms with Crippen molar-refractivity contribution >= 4 is 33.8 Å². The van der Waals surface area contributed by atoms with Crippen molar-refractivity contribution in [2.75, 3.05) is 5.32 Å². The number of thiazole rings is 1. The van der Waals surface area contributed by atoms with Gasteiger partial charge in [-0.25, -0.2) is 4.98 Å². The van der Waals surface area contributed by atoms with Crippen molar-refractivity contribution in [1.29, 1.82) is 0 Å². The number of aromatic nitrogens is 2. The molecule has 3 aromatic rings. The number of anilines is 1. The highest BCUT2D eigenvalue weighted by molar-refractivity contribution is 7.15. The van der Waals surface area contributed by atoms with E-state index >= 15 is 0 Å². The zero-order valence-corrected chi connectivity index (χ0v) is 13.9. The second kappa shape index (κ2) is 6.14. The van der Waals surface area contributed by atoms with Crippen molar-refractivity contribution in [2.45, 2.75) is 18.9 Å². The molecule has 1 aliphatic carbocycles. The highest BCUT2D eigenvalue weighted by Gasteiger charge is 2.24. The Balaban J connectivity index is 1.56. The second-order valence-electron chi connectivity index (χ2n) is 5.82. The van der Waals surface area contributed by atoms with Crippen molar-refractivity contribution < 1.29 is 9.59 Å². The van der Waals surface area contributed by atoms with Crippen molar-refractivity contribution in [3.05, 3.63) is 63.5 Å². The molecule has 1 aliphatic rings. The smallest absolute Gasteiger partial charge is 0.271 e. The van der Waals surface area contributed by atoms with Gasteiger partial charge >= 0.3 is 0 Å². The van der Waals surface area contributed by atoms with Crippen LogP contribution in [-0.4, -0.2) is 27.2 Å². The monoisotopic (exact) mass is 354 g/mol. The minimum absolute atomic E-state index is 0.0521. The van der Waals surface area contributed by atoms with Gasteiger partial charge in [0.1, 0.15) is 5.56 Å². The first-order chi connectivity index (χ1) is 12.1. The van der Waals surface area contributed by atoms with E-state index in [4.69, 9.17) is 0 Å². The summed E-state index contributed by atoms with van der Waals surface area (Å²) in [6, 6.07) is 6.88. The molecule has 2 amide bonds. The fraction of sp³-hybridized carbons (Fsp3) is 0.176. The van der Waals surface area contributed by atoms with Crippen LogP contribution in [0.15, 0.2) is 46.8 Å². The first-order valence-corrected chi connectivity index (χ1v) is 8.67. The highest BCUT2D eigenvalue weighted by Crippen LogP contribution is 2.20. The van der Waals surface area contributed by atoms with Gasteiger partial charge in [-0.2, -0.15) is 0 Å². The van der Waals surface area contributed by atoms with Gasteiger partial charge in [0, 0.05) is 35.1 Å². The van der Waals surface area contributed by atoms with E-state index in [0.29, 0.717) is 16.2 Å². The molecule has 1 fully saturated rings. The summed E-state index contributed by atoms with van der Waals surface area (Å²) in [5.41, 5.74) is 0.436. The standard InChI is InChI=1S/C17H14N4O3S/c22-14(19-11-4-5-11)10-2-1-3-12(8-10)20-15(23)13-9-18-17-21(16(13)24)6-7-25-17/h1-3,6-9,11H,4-5H2,(H,19,22)(H,20,23). The van der Waals surface area contributed by atoms with Crippen molar-refractivity contribution in [2.24, 2.45) is 0 Å². The molecule has 0 spiro atoms. The Bertz CT molecular complexity index is 1040. The van der Waals surface area contributed by atoms with Gasteiger partial charge in [0.2, 0.25) is 0 Å². The van der Waals surface area contributed by atoms with Crippen LogP contribution in [0, 0.1) is 0 Å². The minimum Gasteiger partial charge on any atom is -0.349 e. The maximum atomic E-state index is 12.4. The van der Waals surface area contributed by atoms with Crippen LogP contribution in [0.25, 0.3) is 4.96 Å². The molecule has 0 atom stereocenters. The van der Waals surface area contributed by atoms with Gasteiger partial charge < -0.3 is 10.6 Å². The maximum Gasteiger partial charge on any atom is 0.271 e. The van der Waals surface area contributed by atoms with Gasteiger partial charge in [-0.15, -0.1) is 11.3 Å². The van der Waals surface area contributed by atoms with E-state index in [1.54, 1.807) is 35.8 Å². The number of carbonyl (C=O) groups is 2. The normalized spacial score (nSPS) is 13.6. The van der Waals surface area contributed by atoms with Crippen molar-refractivity contribution in [3.63, 3.8) is 0 Å². The van der Waals surface area contributed by atoms with Crippen LogP contribution >= 0.6 is 11.3 Å². The summed E-state index contributed by atoms with van der Waals surface area (Å²) >= 11 is 1.32. The molecule has 2 N–H and O–H groups in total. The lowest BCUT2D eigenvalue weighted by molar-refractivity contribution is 0.0949. The van der Waals surface area contributed by atoms with Gasteiger partial charge in [0.05, 0.1) is 0 Å². The molecule has 0 saturated heterocycles. The Hall–Kier alpha value is -3.00. The van der Waals surface area contributed by atoms with Crippen LogP contribution in [-0.2, 0) is 0 Å². The van der Waals surface area contributed by atoms with E-state index in [0.717, 1.165) is 12.8 Å². The second-order valence-corrected chi connectivity index (χ2v) is 6.69. The Kier molecular flexibility index (Phi) is 3.81. The van der Waals surface area contributed by atoms with Crippen LogP contribution in [0.3, 0.4) is 0 Å². The molecule has 0 bridgehead atoms. The number of benzene rings is 1. The molecule has 2 heterocycles. The average Bonchev–Trinajstić information content (AvgIpc) is 3.28. The molecule has 0 unspecified atom stereocenters. The third kappa shape index (κ3) is 3.16. The SMILES string of the molecule is O=C(NC1CC1)c1cccc(NC(=O)c2cnc3sccn3c2=O)c1. The van der Waals surface area contributed by atoms with E-state index in [-0.39, 0.29) is 17.5 Å². The molecule has 4 rings (SSSR count). The summed E-state index contributed by atoms with van der Waals surface area (Å²) in [5, 5.41) is 7.28. The predicted molar refractivity (Wildman–Crippen MR) is 94.2 cm³/mol. The van der Waals surface area contributed by atoms with Gasteiger partial charge in [-0.3, -0.25) is 18.8 Å².